The van der Waals surface area contributed by atoms with Crippen LogP contribution in [0.4, 0.5) is 0 Å². The van der Waals surface area contributed by atoms with E-state index in [-0.39, 0.29) is 5.54 Å². The lowest BCUT2D eigenvalue weighted by atomic mass is 9.98. The molecule has 0 bridgehead atoms. The number of nitrogens with zero attached hydrogens (tertiary/aromatic N) is 1. The van der Waals surface area contributed by atoms with Gasteiger partial charge in [0, 0.05) is 32.3 Å². The molecule has 1 heterocycles. The summed E-state index contributed by atoms with van der Waals surface area (Å²) in [5.74, 6) is 0. The molecule has 2 N–H and O–H groups in total. The summed E-state index contributed by atoms with van der Waals surface area (Å²) in [6.45, 7) is 8.17. The first kappa shape index (κ1) is 12.7. The lowest BCUT2D eigenvalue weighted by Gasteiger charge is -2.33. The molecular weight excluding hydrogens is 188 g/mol. The smallest absolute Gasteiger partial charge is 0.0673 e. The average Bonchev–Trinajstić information content (AvgIpc) is 2.21. The number of nitrogens with two attached hydrogens (primary N) is 1. The molecule has 1 atom stereocenters. The second-order valence-electron chi connectivity index (χ2n) is 4.79. The van der Waals surface area contributed by atoms with Gasteiger partial charge in [0.05, 0.1) is 6.61 Å². The number of methoxy groups -OCH3 is 1. The SMILES string of the molecule is CCC(C)(N)CN1CC=C(COC)CC1. The Bertz CT molecular complexity index is 224. The summed E-state index contributed by atoms with van der Waals surface area (Å²) in [6, 6.07) is 0. The molecule has 0 spiro atoms. The zero-order valence-corrected chi connectivity index (χ0v) is 10.3. The van der Waals surface area contributed by atoms with Gasteiger partial charge < -0.3 is 10.5 Å². The summed E-state index contributed by atoms with van der Waals surface area (Å²) in [4.78, 5) is 2.42. The second kappa shape index (κ2) is 5.64. The predicted molar refractivity (Wildman–Crippen MR) is 63.9 cm³/mol. The van der Waals surface area contributed by atoms with Gasteiger partial charge in [-0.25, -0.2) is 0 Å². The Morgan fingerprint density at radius 3 is 2.80 bits per heavy atom. The van der Waals surface area contributed by atoms with E-state index in [1.165, 1.54) is 5.57 Å². The third kappa shape index (κ3) is 4.33. The van der Waals surface area contributed by atoms with Crippen LogP contribution in [0.5, 0.6) is 0 Å². The van der Waals surface area contributed by atoms with Crippen molar-refractivity contribution in [2.24, 2.45) is 5.73 Å². The minimum atomic E-state index is -0.0490. The average molecular weight is 212 g/mol. The second-order valence-corrected chi connectivity index (χ2v) is 4.79. The van der Waals surface area contributed by atoms with Crippen molar-refractivity contribution < 1.29 is 4.74 Å². The molecule has 0 amide bonds. The Morgan fingerprint density at radius 2 is 2.33 bits per heavy atom. The first-order valence-corrected chi connectivity index (χ1v) is 5.75. The number of hydrogen-bond donors (Lipinski definition) is 1. The Labute approximate surface area is 93.3 Å². The fourth-order valence-electron chi connectivity index (χ4n) is 1.84. The summed E-state index contributed by atoms with van der Waals surface area (Å²) in [5.41, 5.74) is 7.52. The normalized spacial score (nSPS) is 22.3. The molecule has 3 nitrogen and oxygen atoms in total. The highest BCUT2D eigenvalue weighted by Crippen LogP contribution is 2.14. The van der Waals surface area contributed by atoms with Gasteiger partial charge in [-0.3, -0.25) is 4.90 Å². The van der Waals surface area contributed by atoms with Crippen LogP contribution in [0, 0.1) is 0 Å². The fraction of sp³-hybridized carbons (Fsp3) is 0.833. The number of ether oxygens (including phenoxy) is 1. The Kier molecular flexibility index (Phi) is 4.77. The predicted octanol–water partition coefficient (Wildman–Crippen LogP) is 1.39. The zero-order valence-electron chi connectivity index (χ0n) is 10.3. The molecule has 3 heteroatoms. The molecule has 1 aliphatic rings. The molecular formula is C12H24N2O. The van der Waals surface area contributed by atoms with Gasteiger partial charge in [-0.05, 0) is 25.3 Å². The van der Waals surface area contributed by atoms with Crippen LogP contribution in [0.25, 0.3) is 0 Å². The van der Waals surface area contributed by atoms with E-state index in [1.54, 1.807) is 7.11 Å². The van der Waals surface area contributed by atoms with E-state index in [2.05, 4.69) is 24.8 Å². The highest BCUT2D eigenvalue weighted by molar-refractivity contribution is 5.08. The molecule has 0 aromatic rings. The lowest BCUT2D eigenvalue weighted by molar-refractivity contribution is 0.198. The van der Waals surface area contributed by atoms with Crippen molar-refractivity contribution in [2.45, 2.75) is 32.2 Å². The van der Waals surface area contributed by atoms with Crippen molar-refractivity contribution >= 4 is 0 Å². The van der Waals surface area contributed by atoms with Gasteiger partial charge in [0.15, 0.2) is 0 Å². The molecule has 15 heavy (non-hydrogen) atoms. The topological polar surface area (TPSA) is 38.5 Å². The summed E-state index contributed by atoms with van der Waals surface area (Å²) < 4.78 is 5.13. The van der Waals surface area contributed by atoms with E-state index in [0.717, 1.165) is 39.1 Å². The quantitative estimate of drug-likeness (QED) is 0.700. The van der Waals surface area contributed by atoms with E-state index in [9.17, 15) is 0 Å². The molecule has 1 unspecified atom stereocenters. The lowest BCUT2D eigenvalue weighted by Crippen LogP contribution is -2.48. The maximum absolute atomic E-state index is 6.15. The summed E-state index contributed by atoms with van der Waals surface area (Å²) >= 11 is 0. The third-order valence-electron chi connectivity index (χ3n) is 3.11. The Balaban J connectivity index is 2.37. The van der Waals surface area contributed by atoms with Crippen molar-refractivity contribution in [1.29, 1.82) is 0 Å². The minimum absolute atomic E-state index is 0.0490. The van der Waals surface area contributed by atoms with Crippen LogP contribution < -0.4 is 5.73 Å². The molecule has 0 saturated carbocycles. The van der Waals surface area contributed by atoms with Gasteiger partial charge >= 0.3 is 0 Å². The Hall–Kier alpha value is -0.380. The van der Waals surface area contributed by atoms with Crippen molar-refractivity contribution in [2.75, 3.05) is 33.4 Å². The van der Waals surface area contributed by atoms with Crippen molar-refractivity contribution in [1.82, 2.24) is 4.90 Å². The van der Waals surface area contributed by atoms with Gasteiger partial charge in [0.1, 0.15) is 0 Å². The van der Waals surface area contributed by atoms with Gasteiger partial charge in [0.2, 0.25) is 0 Å². The highest BCUT2D eigenvalue weighted by Gasteiger charge is 2.21. The molecule has 0 aliphatic carbocycles. The fourth-order valence-corrected chi connectivity index (χ4v) is 1.84. The Morgan fingerprint density at radius 1 is 1.60 bits per heavy atom. The van der Waals surface area contributed by atoms with Crippen LogP contribution >= 0.6 is 0 Å². The zero-order chi connectivity index (χ0) is 11.3. The highest BCUT2D eigenvalue weighted by atomic mass is 16.5. The van der Waals surface area contributed by atoms with Crippen LogP contribution in [-0.4, -0.2) is 43.8 Å². The van der Waals surface area contributed by atoms with E-state index >= 15 is 0 Å². The molecule has 0 aromatic heterocycles. The summed E-state index contributed by atoms with van der Waals surface area (Å²) in [6.07, 6.45) is 4.42. The number of rotatable bonds is 5. The summed E-state index contributed by atoms with van der Waals surface area (Å²) in [5, 5.41) is 0. The largest absolute Gasteiger partial charge is 0.380 e. The van der Waals surface area contributed by atoms with Crippen LogP contribution in [0.1, 0.15) is 26.7 Å². The van der Waals surface area contributed by atoms with Crippen LogP contribution in [0.2, 0.25) is 0 Å². The van der Waals surface area contributed by atoms with E-state index in [4.69, 9.17) is 10.5 Å². The standard InChI is InChI=1S/C12H24N2O/c1-4-12(2,13)10-14-7-5-11(6-8-14)9-15-3/h5H,4,6-10,13H2,1-3H3. The van der Waals surface area contributed by atoms with E-state index < -0.39 is 0 Å². The first-order chi connectivity index (χ1) is 7.07. The molecule has 0 saturated heterocycles. The molecule has 1 rings (SSSR count). The molecule has 0 aromatic carbocycles. The maximum atomic E-state index is 6.15. The van der Waals surface area contributed by atoms with Gasteiger partial charge in [0.25, 0.3) is 0 Å². The van der Waals surface area contributed by atoms with Crippen LogP contribution in [0.15, 0.2) is 11.6 Å². The number of hydrogen-bond acceptors (Lipinski definition) is 3. The monoisotopic (exact) mass is 212 g/mol. The molecule has 1 aliphatic heterocycles. The van der Waals surface area contributed by atoms with Crippen LogP contribution in [-0.2, 0) is 4.74 Å². The van der Waals surface area contributed by atoms with E-state index in [1.807, 2.05) is 0 Å². The molecule has 0 fully saturated rings. The summed E-state index contributed by atoms with van der Waals surface area (Å²) in [7, 11) is 1.75. The van der Waals surface area contributed by atoms with Crippen molar-refractivity contribution in [3.63, 3.8) is 0 Å². The minimum Gasteiger partial charge on any atom is -0.380 e. The molecule has 0 radical (unpaired) electrons. The maximum Gasteiger partial charge on any atom is 0.0673 e. The van der Waals surface area contributed by atoms with Gasteiger partial charge in [-0.2, -0.15) is 0 Å². The van der Waals surface area contributed by atoms with Crippen LogP contribution in [0.3, 0.4) is 0 Å². The van der Waals surface area contributed by atoms with Gasteiger partial charge in [-0.15, -0.1) is 0 Å². The van der Waals surface area contributed by atoms with Crippen molar-refractivity contribution in [3.05, 3.63) is 11.6 Å². The van der Waals surface area contributed by atoms with E-state index in [0.29, 0.717) is 0 Å². The third-order valence-corrected chi connectivity index (χ3v) is 3.11. The molecule has 88 valence electrons. The van der Waals surface area contributed by atoms with Crippen molar-refractivity contribution in [3.8, 4) is 0 Å². The first-order valence-electron chi connectivity index (χ1n) is 5.75. The van der Waals surface area contributed by atoms with Gasteiger partial charge in [-0.1, -0.05) is 13.0 Å².